The van der Waals surface area contributed by atoms with Crippen LogP contribution >= 0.6 is 0 Å². The summed E-state index contributed by atoms with van der Waals surface area (Å²) in [7, 11) is 0. The molecule has 9 nitrogen and oxygen atoms in total. The Kier molecular flexibility index (Phi) is 5.65. The van der Waals surface area contributed by atoms with Gasteiger partial charge in [-0.3, -0.25) is 4.98 Å². The van der Waals surface area contributed by atoms with Crippen LogP contribution in [-0.2, 0) is 17.7 Å². The quantitative estimate of drug-likeness (QED) is 0.334. The van der Waals surface area contributed by atoms with Crippen molar-refractivity contribution in [1.29, 1.82) is 0 Å². The van der Waals surface area contributed by atoms with E-state index in [1.165, 1.54) is 0 Å². The number of pyridine rings is 1. The van der Waals surface area contributed by atoms with E-state index in [-0.39, 0.29) is 12.3 Å². The first-order valence-corrected chi connectivity index (χ1v) is 9.12. The van der Waals surface area contributed by atoms with E-state index >= 15 is 0 Å². The van der Waals surface area contributed by atoms with Crippen molar-refractivity contribution in [1.82, 2.24) is 30.1 Å². The van der Waals surface area contributed by atoms with E-state index in [9.17, 15) is 4.79 Å². The number of carbonyl (C=O) groups is 1. The van der Waals surface area contributed by atoms with Crippen molar-refractivity contribution >= 4 is 5.97 Å². The molecule has 0 N–H and O–H groups in total. The van der Waals surface area contributed by atoms with Crippen LogP contribution in [-0.4, -0.2) is 42.7 Å². The molecule has 0 atom stereocenters. The topological polar surface area (TPSA) is 109 Å². The number of aryl methyl sites for hydroxylation is 1. The number of carbonyl (C=O) groups excluding carboxylic acids is 1. The van der Waals surface area contributed by atoms with Crippen LogP contribution in [0.1, 0.15) is 28.4 Å². The van der Waals surface area contributed by atoms with Crippen molar-refractivity contribution in [2.24, 2.45) is 0 Å². The normalized spacial score (nSPS) is 10.8. The van der Waals surface area contributed by atoms with Crippen molar-refractivity contribution < 1.29 is 14.1 Å². The van der Waals surface area contributed by atoms with Crippen molar-refractivity contribution in [3.05, 3.63) is 78.2 Å². The summed E-state index contributed by atoms with van der Waals surface area (Å²) in [6.07, 6.45) is 5.98. The van der Waals surface area contributed by atoms with E-state index in [2.05, 4.69) is 25.4 Å². The molecule has 0 aliphatic heterocycles. The van der Waals surface area contributed by atoms with Crippen LogP contribution in [0, 0.1) is 0 Å². The van der Waals surface area contributed by atoms with Crippen molar-refractivity contribution in [3.63, 3.8) is 0 Å². The molecule has 29 heavy (non-hydrogen) atoms. The third-order valence-corrected chi connectivity index (χ3v) is 4.09. The molecule has 0 aliphatic rings. The van der Waals surface area contributed by atoms with Gasteiger partial charge in [0, 0.05) is 24.4 Å². The molecule has 0 saturated carbocycles. The molecular weight excluding hydrogens is 372 g/mol. The number of aromatic nitrogens is 6. The number of ether oxygens (including phenoxy) is 1. The van der Waals surface area contributed by atoms with Crippen LogP contribution in [0.2, 0.25) is 0 Å². The summed E-state index contributed by atoms with van der Waals surface area (Å²) in [5, 5.41) is 11.8. The second kappa shape index (κ2) is 8.87. The first kappa shape index (κ1) is 18.5. The standard InChI is InChI=1S/C20H18N6O3/c27-20(17-14-26(25-23-17)13-15-6-2-1-3-7-15)28-11-5-9-18-22-19(24-29-18)16-8-4-10-21-12-16/h1-4,6-8,10,12,14H,5,9,11,13H2. The van der Waals surface area contributed by atoms with E-state index < -0.39 is 5.97 Å². The van der Waals surface area contributed by atoms with Gasteiger partial charge in [-0.1, -0.05) is 40.7 Å². The summed E-state index contributed by atoms with van der Waals surface area (Å²) in [5.41, 5.74) is 2.03. The summed E-state index contributed by atoms with van der Waals surface area (Å²) in [6.45, 7) is 0.756. The number of rotatable bonds is 8. The van der Waals surface area contributed by atoms with Gasteiger partial charge in [0.2, 0.25) is 11.7 Å². The van der Waals surface area contributed by atoms with E-state index in [0.29, 0.717) is 31.1 Å². The fourth-order valence-electron chi connectivity index (χ4n) is 2.67. The molecular formula is C20H18N6O3. The van der Waals surface area contributed by atoms with Crippen LogP contribution in [0.15, 0.2) is 65.6 Å². The van der Waals surface area contributed by atoms with Crippen LogP contribution < -0.4 is 0 Å². The van der Waals surface area contributed by atoms with Gasteiger partial charge in [-0.25, -0.2) is 9.48 Å². The minimum absolute atomic E-state index is 0.178. The Morgan fingerprint density at radius 1 is 1.14 bits per heavy atom. The molecule has 4 aromatic rings. The molecule has 4 rings (SSSR count). The monoisotopic (exact) mass is 390 g/mol. The third-order valence-electron chi connectivity index (χ3n) is 4.09. The van der Waals surface area contributed by atoms with Gasteiger partial charge in [-0.05, 0) is 24.1 Å². The van der Waals surface area contributed by atoms with Gasteiger partial charge in [0.05, 0.1) is 19.3 Å². The van der Waals surface area contributed by atoms with Gasteiger partial charge in [-0.2, -0.15) is 4.98 Å². The molecule has 0 amide bonds. The van der Waals surface area contributed by atoms with Crippen molar-refractivity contribution in [2.45, 2.75) is 19.4 Å². The van der Waals surface area contributed by atoms with Crippen LogP contribution in [0.4, 0.5) is 0 Å². The molecule has 0 saturated heterocycles. The number of hydrogen-bond donors (Lipinski definition) is 0. The van der Waals surface area contributed by atoms with Gasteiger partial charge in [0.15, 0.2) is 5.69 Å². The third kappa shape index (κ3) is 4.89. The second-order valence-corrected chi connectivity index (χ2v) is 6.28. The Bertz CT molecular complexity index is 1060. The summed E-state index contributed by atoms with van der Waals surface area (Å²) in [6, 6.07) is 13.5. The first-order valence-electron chi connectivity index (χ1n) is 9.12. The predicted molar refractivity (Wildman–Crippen MR) is 102 cm³/mol. The highest BCUT2D eigenvalue weighted by molar-refractivity contribution is 5.86. The molecule has 1 aromatic carbocycles. The zero-order valence-corrected chi connectivity index (χ0v) is 15.5. The second-order valence-electron chi connectivity index (χ2n) is 6.28. The molecule has 146 valence electrons. The molecule has 0 radical (unpaired) electrons. The van der Waals surface area contributed by atoms with E-state index in [0.717, 1.165) is 11.1 Å². The van der Waals surface area contributed by atoms with Gasteiger partial charge in [0.1, 0.15) is 0 Å². The minimum atomic E-state index is -0.508. The smallest absolute Gasteiger partial charge is 0.360 e. The molecule has 0 bridgehead atoms. The molecule has 9 heteroatoms. The number of hydrogen-bond acceptors (Lipinski definition) is 8. The Labute approximate surface area is 166 Å². The first-order chi connectivity index (χ1) is 14.3. The maximum atomic E-state index is 12.1. The molecule has 0 spiro atoms. The van der Waals surface area contributed by atoms with E-state index in [1.807, 2.05) is 36.4 Å². The van der Waals surface area contributed by atoms with Crippen LogP contribution in [0.3, 0.4) is 0 Å². The Hall–Kier alpha value is -3.88. The minimum Gasteiger partial charge on any atom is -0.461 e. The lowest BCUT2D eigenvalue weighted by molar-refractivity contribution is 0.0491. The van der Waals surface area contributed by atoms with Gasteiger partial charge in [0.25, 0.3) is 0 Å². The molecule has 3 heterocycles. The van der Waals surface area contributed by atoms with Crippen molar-refractivity contribution in [3.8, 4) is 11.4 Å². The highest BCUT2D eigenvalue weighted by Crippen LogP contribution is 2.14. The number of esters is 1. The predicted octanol–water partition coefficient (Wildman–Crippen LogP) is 2.56. The Balaban J connectivity index is 1.23. The zero-order valence-electron chi connectivity index (χ0n) is 15.5. The lowest BCUT2D eigenvalue weighted by Gasteiger charge is -2.01. The highest BCUT2D eigenvalue weighted by atomic mass is 16.5. The fraction of sp³-hybridized carbons (Fsp3) is 0.200. The van der Waals surface area contributed by atoms with Gasteiger partial charge >= 0.3 is 5.97 Å². The Morgan fingerprint density at radius 2 is 2.03 bits per heavy atom. The van der Waals surface area contributed by atoms with Crippen LogP contribution in [0.25, 0.3) is 11.4 Å². The highest BCUT2D eigenvalue weighted by Gasteiger charge is 2.13. The largest absolute Gasteiger partial charge is 0.461 e. The van der Waals surface area contributed by atoms with E-state index in [4.69, 9.17) is 9.26 Å². The molecule has 0 fully saturated rings. The average Bonchev–Trinajstić information content (AvgIpc) is 3.42. The lowest BCUT2D eigenvalue weighted by Crippen LogP contribution is -2.07. The zero-order chi connectivity index (χ0) is 19.9. The van der Waals surface area contributed by atoms with Gasteiger partial charge < -0.3 is 9.26 Å². The van der Waals surface area contributed by atoms with Crippen LogP contribution in [0.5, 0.6) is 0 Å². The molecule has 0 unspecified atom stereocenters. The van der Waals surface area contributed by atoms with Gasteiger partial charge in [-0.15, -0.1) is 5.10 Å². The summed E-state index contributed by atoms with van der Waals surface area (Å²) in [5.74, 6) is 0.458. The lowest BCUT2D eigenvalue weighted by atomic mass is 10.2. The fourth-order valence-corrected chi connectivity index (χ4v) is 2.67. The number of nitrogens with zero attached hydrogens (tertiary/aromatic N) is 6. The SMILES string of the molecule is O=C(OCCCc1nc(-c2cccnc2)no1)c1cn(Cc2ccccc2)nn1. The summed E-state index contributed by atoms with van der Waals surface area (Å²) < 4.78 is 12.1. The maximum absolute atomic E-state index is 12.1. The number of benzene rings is 1. The maximum Gasteiger partial charge on any atom is 0.360 e. The summed E-state index contributed by atoms with van der Waals surface area (Å²) >= 11 is 0. The van der Waals surface area contributed by atoms with E-state index in [1.54, 1.807) is 29.3 Å². The average molecular weight is 390 g/mol. The summed E-state index contributed by atoms with van der Waals surface area (Å²) in [4.78, 5) is 20.5. The molecule has 0 aliphatic carbocycles. The Morgan fingerprint density at radius 3 is 2.86 bits per heavy atom. The molecule has 3 aromatic heterocycles. The van der Waals surface area contributed by atoms with Crippen molar-refractivity contribution in [2.75, 3.05) is 6.61 Å².